The molecule has 94 valence electrons. The van der Waals surface area contributed by atoms with Gasteiger partial charge in [-0.05, 0) is 24.1 Å². The highest BCUT2D eigenvalue weighted by Gasteiger charge is 2.26. The van der Waals surface area contributed by atoms with E-state index in [9.17, 15) is 4.79 Å². The molecule has 0 aliphatic carbocycles. The number of carbonyl (C=O) groups is 1. The van der Waals surface area contributed by atoms with Gasteiger partial charge in [0.1, 0.15) is 11.8 Å². The molecule has 5 nitrogen and oxygen atoms in total. The molecule has 1 saturated heterocycles. The van der Waals surface area contributed by atoms with Gasteiger partial charge in [-0.2, -0.15) is 5.26 Å². The molecule has 1 unspecified atom stereocenters. The van der Waals surface area contributed by atoms with Crippen LogP contribution in [-0.2, 0) is 11.3 Å². The first-order valence-electron chi connectivity index (χ1n) is 6.11. The van der Waals surface area contributed by atoms with Crippen LogP contribution >= 0.6 is 0 Å². The van der Waals surface area contributed by atoms with Gasteiger partial charge in [-0.25, -0.2) is 4.98 Å². The zero-order chi connectivity index (χ0) is 13.0. The molecule has 0 spiro atoms. The summed E-state index contributed by atoms with van der Waals surface area (Å²) in [4.78, 5) is 17.9. The normalized spacial score (nSPS) is 19.7. The molecule has 1 aromatic rings. The van der Waals surface area contributed by atoms with E-state index in [4.69, 9.17) is 5.26 Å². The monoisotopic (exact) mass is 244 g/mol. The van der Waals surface area contributed by atoms with E-state index in [2.05, 4.69) is 10.3 Å². The molecule has 2 heterocycles. The van der Waals surface area contributed by atoms with Gasteiger partial charge in [0, 0.05) is 25.8 Å². The van der Waals surface area contributed by atoms with Crippen LogP contribution in [-0.4, -0.2) is 34.9 Å². The Morgan fingerprint density at radius 2 is 2.50 bits per heavy atom. The van der Waals surface area contributed by atoms with E-state index in [1.165, 1.54) is 0 Å². The lowest BCUT2D eigenvalue weighted by atomic mass is 10.1. The van der Waals surface area contributed by atoms with Crippen molar-refractivity contribution in [2.45, 2.75) is 25.9 Å². The molecule has 1 amide bonds. The van der Waals surface area contributed by atoms with Gasteiger partial charge in [-0.15, -0.1) is 0 Å². The second-order valence-electron chi connectivity index (χ2n) is 4.34. The third-order valence-corrected chi connectivity index (χ3v) is 3.10. The van der Waals surface area contributed by atoms with Gasteiger partial charge in [-0.3, -0.25) is 4.79 Å². The third kappa shape index (κ3) is 2.66. The molecular formula is C13H16N4O. The van der Waals surface area contributed by atoms with Crippen LogP contribution in [0.3, 0.4) is 0 Å². The van der Waals surface area contributed by atoms with Crippen molar-refractivity contribution < 1.29 is 4.79 Å². The molecule has 1 atom stereocenters. The number of nitrogens with one attached hydrogen (secondary N) is 1. The minimum Gasteiger partial charge on any atom is -0.336 e. The highest BCUT2D eigenvalue weighted by molar-refractivity contribution is 5.82. The molecule has 0 aromatic carbocycles. The van der Waals surface area contributed by atoms with E-state index in [-0.39, 0.29) is 11.9 Å². The van der Waals surface area contributed by atoms with Crippen LogP contribution in [0.15, 0.2) is 18.3 Å². The van der Waals surface area contributed by atoms with Gasteiger partial charge in [0.2, 0.25) is 5.91 Å². The number of pyridine rings is 1. The lowest BCUT2D eigenvalue weighted by Gasteiger charge is -2.32. The minimum atomic E-state index is -0.0731. The van der Waals surface area contributed by atoms with Crippen molar-refractivity contribution in [1.29, 1.82) is 5.26 Å². The minimum absolute atomic E-state index is 0.0731. The summed E-state index contributed by atoms with van der Waals surface area (Å²) in [5.74, 6) is 0.138. The smallest absolute Gasteiger partial charge is 0.240 e. The third-order valence-electron chi connectivity index (χ3n) is 3.10. The zero-order valence-electron chi connectivity index (χ0n) is 10.4. The van der Waals surface area contributed by atoms with Crippen LogP contribution in [0.1, 0.15) is 24.6 Å². The Labute approximate surface area is 106 Å². The zero-order valence-corrected chi connectivity index (χ0v) is 10.4. The fourth-order valence-electron chi connectivity index (χ4n) is 2.12. The molecule has 2 rings (SSSR count). The maximum Gasteiger partial charge on any atom is 0.240 e. The van der Waals surface area contributed by atoms with Gasteiger partial charge < -0.3 is 10.2 Å². The summed E-state index contributed by atoms with van der Waals surface area (Å²) in [5, 5.41) is 12.0. The first kappa shape index (κ1) is 12.5. The number of rotatable bonds is 3. The number of aromatic nitrogens is 1. The van der Waals surface area contributed by atoms with Crippen LogP contribution in [0, 0.1) is 11.3 Å². The summed E-state index contributed by atoms with van der Waals surface area (Å²) in [6.45, 7) is 4.08. The Morgan fingerprint density at radius 3 is 3.22 bits per heavy atom. The number of piperazine rings is 1. The summed E-state index contributed by atoms with van der Waals surface area (Å²) in [6, 6.07) is 5.51. The lowest BCUT2D eigenvalue weighted by Crippen LogP contribution is -2.54. The first-order chi connectivity index (χ1) is 8.74. The summed E-state index contributed by atoms with van der Waals surface area (Å²) in [5.41, 5.74) is 1.34. The summed E-state index contributed by atoms with van der Waals surface area (Å²) < 4.78 is 0. The predicted molar refractivity (Wildman–Crippen MR) is 66.5 cm³/mol. The van der Waals surface area contributed by atoms with Crippen LogP contribution in [0.25, 0.3) is 0 Å². The van der Waals surface area contributed by atoms with Gasteiger partial charge in [0.05, 0.1) is 6.04 Å². The Kier molecular flexibility index (Phi) is 3.90. The van der Waals surface area contributed by atoms with Crippen molar-refractivity contribution in [3.05, 3.63) is 29.6 Å². The molecule has 0 radical (unpaired) electrons. The molecule has 1 aliphatic rings. The quantitative estimate of drug-likeness (QED) is 0.848. The van der Waals surface area contributed by atoms with Crippen molar-refractivity contribution in [2.75, 3.05) is 13.1 Å². The van der Waals surface area contributed by atoms with Gasteiger partial charge >= 0.3 is 0 Å². The lowest BCUT2D eigenvalue weighted by molar-refractivity contribution is -0.136. The number of nitrogens with zero attached hydrogens (tertiary/aromatic N) is 3. The summed E-state index contributed by atoms with van der Waals surface area (Å²) in [7, 11) is 0. The molecule has 1 N–H and O–H groups in total. The predicted octanol–water partition coefficient (Wildman–Crippen LogP) is 0.664. The van der Waals surface area contributed by atoms with Crippen LogP contribution in [0.2, 0.25) is 0 Å². The number of carbonyl (C=O) groups excluding carboxylic acids is 1. The maximum atomic E-state index is 12.1. The average Bonchev–Trinajstić information content (AvgIpc) is 2.41. The number of nitriles is 1. The standard InChI is InChI=1S/C13H16N4O/c1-2-12-13(18)17(6-5-16-12)9-10-3-4-15-11(7-10)8-14/h3-4,7,12,16H,2,5-6,9H2,1H3. The first-order valence-corrected chi connectivity index (χ1v) is 6.11. The highest BCUT2D eigenvalue weighted by atomic mass is 16.2. The summed E-state index contributed by atoms with van der Waals surface area (Å²) in [6.07, 6.45) is 2.41. The van der Waals surface area contributed by atoms with Crippen molar-refractivity contribution in [3.8, 4) is 6.07 Å². The molecule has 1 aromatic heterocycles. The van der Waals surface area contributed by atoms with E-state index in [1.54, 1.807) is 12.3 Å². The average molecular weight is 244 g/mol. The van der Waals surface area contributed by atoms with E-state index < -0.39 is 0 Å². The number of hydrogen-bond donors (Lipinski definition) is 1. The van der Waals surface area contributed by atoms with Crippen molar-refractivity contribution in [1.82, 2.24) is 15.2 Å². The van der Waals surface area contributed by atoms with Gasteiger partial charge in [0.25, 0.3) is 0 Å². The second kappa shape index (κ2) is 5.61. The molecule has 0 saturated carbocycles. The van der Waals surface area contributed by atoms with Crippen molar-refractivity contribution >= 4 is 5.91 Å². The van der Waals surface area contributed by atoms with Gasteiger partial charge in [0.15, 0.2) is 0 Å². The van der Waals surface area contributed by atoms with E-state index in [0.717, 1.165) is 18.5 Å². The molecule has 1 fully saturated rings. The molecular weight excluding hydrogens is 228 g/mol. The van der Waals surface area contributed by atoms with Crippen LogP contribution < -0.4 is 5.32 Å². The number of amides is 1. The molecule has 0 bridgehead atoms. The van der Waals surface area contributed by atoms with Crippen molar-refractivity contribution in [3.63, 3.8) is 0 Å². The fourth-order valence-corrected chi connectivity index (χ4v) is 2.12. The fraction of sp³-hybridized carbons (Fsp3) is 0.462. The van der Waals surface area contributed by atoms with E-state index >= 15 is 0 Å². The topological polar surface area (TPSA) is 69.0 Å². The summed E-state index contributed by atoms with van der Waals surface area (Å²) >= 11 is 0. The van der Waals surface area contributed by atoms with Crippen LogP contribution in [0.5, 0.6) is 0 Å². The Morgan fingerprint density at radius 1 is 1.67 bits per heavy atom. The molecule has 1 aliphatic heterocycles. The Hall–Kier alpha value is -1.93. The maximum absolute atomic E-state index is 12.1. The largest absolute Gasteiger partial charge is 0.336 e. The SMILES string of the molecule is CCC1NCCN(Cc2ccnc(C#N)c2)C1=O. The highest BCUT2D eigenvalue weighted by Crippen LogP contribution is 2.10. The Balaban J connectivity index is 2.08. The van der Waals surface area contributed by atoms with E-state index in [0.29, 0.717) is 18.8 Å². The number of hydrogen-bond acceptors (Lipinski definition) is 4. The van der Waals surface area contributed by atoms with E-state index in [1.807, 2.05) is 24.0 Å². The van der Waals surface area contributed by atoms with Gasteiger partial charge in [-0.1, -0.05) is 6.92 Å². The molecule has 5 heteroatoms. The van der Waals surface area contributed by atoms with Crippen LogP contribution in [0.4, 0.5) is 0 Å². The molecule has 18 heavy (non-hydrogen) atoms. The second-order valence-corrected chi connectivity index (χ2v) is 4.34. The van der Waals surface area contributed by atoms with Crippen molar-refractivity contribution in [2.24, 2.45) is 0 Å². The Bertz CT molecular complexity index is 480.